The number of hydrogen-bond acceptors (Lipinski definition) is 8. The molecule has 1 aromatic heterocycles. The van der Waals surface area contributed by atoms with Crippen LogP contribution in [0.2, 0.25) is 0 Å². The number of ether oxygens (including phenoxy) is 1. The first kappa shape index (κ1) is 17.2. The molecule has 20 heavy (non-hydrogen) atoms. The van der Waals surface area contributed by atoms with Crippen LogP contribution in [0.3, 0.4) is 0 Å². The average molecular weight is 322 g/mol. The van der Waals surface area contributed by atoms with Gasteiger partial charge in [0.2, 0.25) is 0 Å². The lowest BCUT2D eigenvalue weighted by Crippen LogP contribution is -2.20. The van der Waals surface area contributed by atoms with Crippen molar-refractivity contribution in [3.8, 4) is 0 Å². The quantitative estimate of drug-likeness (QED) is 0.639. The summed E-state index contributed by atoms with van der Waals surface area (Å²) < 4.78 is 33.2. The molecule has 0 aliphatic heterocycles. The van der Waals surface area contributed by atoms with Gasteiger partial charge >= 0.3 is 0 Å². The van der Waals surface area contributed by atoms with Crippen molar-refractivity contribution in [3.05, 3.63) is 0 Å². The van der Waals surface area contributed by atoms with E-state index in [0.29, 0.717) is 24.8 Å². The van der Waals surface area contributed by atoms with E-state index in [2.05, 4.69) is 9.69 Å². The monoisotopic (exact) mass is 322 g/mol. The van der Waals surface area contributed by atoms with Gasteiger partial charge in [-0.3, -0.25) is 0 Å². The van der Waals surface area contributed by atoms with E-state index in [0.717, 1.165) is 18.1 Å². The molecule has 0 saturated carbocycles. The lowest BCUT2D eigenvalue weighted by molar-refractivity contribution is 0.126. The van der Waals surface area contributed by atoms with Gasteiger partial charge in [-0.2, -0.15) is 4.37 Å². The maximum absolute atomic E-state index is 11.9. The minimum Gasteiger partial charge on any atom is -0.382 e. The minimum absolute atomic E-state index is 0.00360. The van der Waals surface area contributed by atoms with Crippen LogP contribution in [0.4, 0.5) is 10.8 Å². The van der Waals surface area contributed by atoms with Crippen molar-refractivity contribution >= 4 is 32.2 Å². The van der Waals surface area contributed by atoms with E-state index in [1.165, 1.54) is 0 Å². The number of anilines is 2. The Labute approximate surface area is 124 Å². The maximum Gasteiger partial charge on any atom is 0.184 e. The van der Waals surface area contributed by atoms with E-state index in [9.17, 15) is 8.42 Å². The highest BCUT2D eigenvalue weighted by Gasteiger charge is 2.23. The topological polar surface area (TPSA) is 97.5 Å². The minimum atomic E-state index is -3.36. The van der Waals surface area contributed by atoms with E-state index >= 15 is 0 Å². The van der Waals surface area contributed by atoms with Crippen molar-refractivity contribution in [3.63, 3.8) is 0 Å². The van der Waals surface area contributed by atoms with Gasteiger partial charge in [-0.15, -0.1) is 0 Å². The number of hydrogen-bond donors (Lipinski definition) is 2. The average Bonchev–Trinajstić information content (AvgIpc) is 2.75. The normalized spacial score (nSPS) is 12.0. The van der Waals surface area contributed by atoms with Crippen LogP contribution in [0.5, 0.6) is 0 Å². The number of nitrogens with two attached hydrogens (primary N) is 1. The number of likely N-dealkylation sites (N-methyl/N-ethyl adjacent to an activating group) is 1. The molecule has 0 saturated heterocycles. The lowest BCUT2D eigenvalue weighted by Gasteiger charge is -2.10. The van der Waals surface area contributed by atoms with Crippen LogP contribution >= 0.6 is 11.5 Å². The van der Waals surface area contributed by atoms with Crippen molar-refractivity contribution in [1.29, 1.82) is 0 Å². The molecule has 0 aromatic carbocycles. The van der Waals surface area contributed by atoms with Crippen LogP contribution in [0.1, 0.15) is 6.92 Å². The number of nitrogens with zero attached hydrogens (tertiary/aromatic N) is 2. The summed E-state index contributed by atoms with van der Waals surface area (Å²) in [6.07, 6.45) is 0. The number of nitrogen functional groups attached to an aromatic ring is 1. The molecule has 1 heterocycles. The Hall–Kier alpha value is -0.900. The van der Waals surface area contributed by atoms with Gasteiger partial charge in [-0.25, -0.2) is 8.42 Å². The highest BCUT2D eigenvalue weighted by molar-refractivity contribution is 7.91. The molecule has 0 amide bonds. The molecule has 0 aliphatic carbocycles. The molecule has 0 bridgehead atoms. The summed E-state index contributed by atoms with van der Waals surface area (Å²) in [6.45, 7) is 4.09. The maximum atomic E-state index is 11.9. The summed E-state index contributed by atoms with van der Waals surface area (Å²) in [5, 5.41) is 3.51. The first-order chi connectivity index (χ1) is 9.38. The van der Waals surface area contributed by atoms with Gasteiger partial charge in [0.15, 0.2) is 15.7 Å². The molecule has 1 rings (SSSR count). The Morgan fingerprint density at radius 3 is 2.70 bits per heavy atom. The fraction of sp³-hybridized carbons (Fsp3) is 0.727. The van der Waals surface area contributed by atoms with Gasteiger partial charge in [0.05, 0.1) is 19.0 Å². The zero-order valence-electron chi connectivity index (χ0n) is 12.0. The van der Waals surface area contributed by atoms with E-state index in [-0.39, 0.29) is 16.5 Å². The van der Waals surface area contributed by atoms with Gasteiger partial charge in [0.25, 0.3) is 0 Å². The highest BCUT2D eigenvalue weighted by Crippen LogP contribution is 2.31. The molecule has 7 nitrogen and oxygen atoms in total. The first-order valence-electron chi connectivity index (χ1n) is 6.32. The molecule has 3 N–H and O–H groups in total. The SMILES string of the molecule is CCS(=O)(=O)c1c(N)nsc1NCCOCCN(C)C. The lowest BCUT2D eigenvalue weighted by atomic mass is 10.5. The smallest absolute Gasteiger partial charge is 0.184 e. The van der Waals surface area contributed by atoms with E-state index < -0.39 is 9.84 Å². The van der Waals surface area contributed by atoms with Gasteiger partial charge in [0.1, 0.15) is 9.90 Å². The second kappa shape index (κ2) is 7.77. The standard InChI is InChI=1S/C11H22N4O3S2/c1-4-20(16,17)9-10(12)14-19-11(9)13-5-7-18-8-6-15(2)3/h13H,4-8H2,1-3H3,(H2,12,14). The van der Waals surface area contributed by atoms with Gasteiger partial charge in [-0.05, 0) is 25.6 Å². The zero-order valence-corrected chi connectivity index (χ0v) is 13.7. The Kier molecular flexibility index (Phi) is 6.66. The largest absolute Gasteiger partial charge is 0.382 e. The van der Waals surface area contributed by atoms with Crippen molar-refractivity contribution in [2.45, 2.75) is 11.8 Å². The number of nitrogens with one attached hydrogen (secondary N) is 1. The van der Waals surface area contributed by atoms with Gasteiger partial charge in [0, 0.05) is 13.1 Å². The second-order valence-corrected chi connectivity index (χ2v) is 7.46. The Morgan fingerprint density at radius 1 is 1.40 bits per heavy atom. The molecule has 1 aromatic rings. The van der Waals surface area contributed by atoms with Crippen molar-refractivity contribution in [1.82, 2.24) is 9.27 Å². The molecular weight excluding hydrogens is 300 g/mol. The third kappa shape index (κ3) is 4.89. The molecule has 0 fully saturated rings. The van der Waals surface area contributed by atoms with E-state index in [1.807, 2.05) is 19.0 Å². The predicted octanol–water partition coefficient (Wildman–Crippen LogP) is 0.509. The first-order valence-corrected chi connectivity index (χ1v) is 8.75. The summed E-state index contributed by atoms with van der Waals surface area (Å²) in [5.41, 5.74) is 5.63. The highest BCUT2D eigenvalue weighted by atomic mass is 32.2. The molecular formula is C11H22N4O3S2. The summed E-state index contributed by atoms with van der Waals surface area (Å²) in [7, 11) is 0.590. The fourth-order valence-corrected chi connectivity index (χ4v) is 3.63. The summed E-state index contributed by atoms with van der Waals surface area (Å²) >= 11 is 1.06. The van der Waals surface area contributed by atoms with Crippen molar-refractivity contribution < 1.29 is 13.2 Å². The molecule has 116 valence electrons. The summed E-state index contributed by atoms with van der Waals surface area (Å²) in [6, 6.07) is 0. The van der Waals surface area contributed by atoms with Gasteiger partial charge < -0.3 is 20.7 Å². The van der Waals surface area contributed by atoms with Gasteiger partial charge in [-0.1, -0.05) is 6.92 Å². The van der Waals surface area contributed by atoms with E-state index in [1.54, 1.807) is 6.92 Å². The zero-order chi connectivity index (χ0) is 15.2. The molecule has 0 radical (unpaired) electrons. The Bertz CT molecular complexity index is 514. The molecule has 9 heteroatoms. The predicted molar refractivity (Wildman–Crippen MR) is 82.1 cm³/mol. The molecule has 0 atom stereocenters. The van der Waals surface area contributed by atoms with Crippen LogP contribution in [0, 0.1) is 0 Å². The Morgan fingerprint density at radius 2 is 2.10 bits per heavy atom. The van der Waals surface area contributed by atoms with Crippen LogP contribution in [0.25, 0.3) is 0 Å². The van der Waals surface area contributed by atoms with Crippen LogP contribution in [0.15, 0.2) is 4.90 Å². The number of sulfone groups is 1. The van der Waals surface area contributed by atoms with Crippen LogP contribution in [-0.2, 0) is 14.6 Å². The molecule has 0 unspecified atom stereocenters. The number of aromatic nitrogens is 1. The van der Waals surface area contributed by atoms with Crippen LogP contribution < -0.4 is 11.1 Å². The molecule has 0 spiro atoms. The number of rotatable bonds is 9. The molecule has 0 aliphatic rings. The fourth-order valence-electron chi connectivity index (χ4n) is 1.44. The van der Waals surface area contributed by atoms with Crippen molar-refractivity contribution in [2.24, 2.45) is 0 Å². The summed E-state index contributed by atoms with van der Waals surface area (Å²) in [4.78, 5) is 2.14. The van der Waals surface area contributed by atoms with E-state index in [4.69, 9.17) is 10.5 Å². The van der Waals surface area contributed by atoms with Crippen LogP contribution in [-0.4, -0.2) is 63.8 Å². The third-order valence-electron chi connectivity index (χ3n) is 2.58. The van der Waals surface area contributed by atoms with Crippen molar-refractivity contribution in [2.75, 3.05) is 57.2 Å². The second-order valence-electron chi connectivity index (χ2n) is 4.47. The third-order valence-corrected chi connectivity index (χ3v) is 5.32. The summed E-state index contributed by atoms with van der Waals surface area (Å²) in [5.74, 6) is 0.0664. The Balaban J connectivity index is 2.50.